The van der Waals surface area contributed by atoms with Gasteiger partial charge in [0.25, 0.3) is 0 Å². The van der Waals surface area contributed by atoms with Crippen LogP contribution in [0.5, 0.6) is 0 Å². The second-order valence-electron chi connectivity index (χ2n) is 11.8. The summed E-state index contributed by atoms with van der Waals surface area (Å²) in [5.74, 6) is 0. The smallest absolute Gasteiger partial charge is 0.394 e. The molecule has 0 aromatic carbocycles. The summed E-state index contributed by atoms with van der Waals surface area (Å²) in [6, 6.07) is -0.453. The molecule has 2 heterocycles. The summed E-state index contributed by atoms with van der Waals surface area (Å²) in [6.45, 7) is 5.95. The predicted molar refractivity (Wildman–Crippen MR) is 167 cm³/mol. The predicted octanol–water partition coefficient (Wildman–Crippen LogP) is 8.00. The number of carbonyl (C=O) groups is 1. The van der Waals surface area contributed by atoms with Crippen LogP contribution in [0.25, 0.3) is 0 Å². The molecule has 242 valence electrons. The van der Waals surface area contributed by atoms with Gasteiger partial charge in [-0.1, -0.05) is 135 Å². The molecule has 2 rings (SSSR count). The van der Waals surface area contributed by atoms with Crippen molar-refractivity contribution in [3.8, 4) is 0 Å². The lowest BCUT2D eigenvalue weighted by molar-refractivity contribution is -0.0832. The number of amides is 2. The summed E-state index contributed by atoms with van der Waals surface area (Å²) in [4.78, 5) is 23.1. The second-order valence-corrected chi connectivity index (χ2v) is 12.5. The Morgan fingerprint density at radius 3 is 1.76 bits per heavy atom. The van der Waals surface area contributed by atoms with Crippen molar-refractivity contribution in [3.63, 3.8) is 0 Å². The molecule has 0 bridgehead atoms. The minimum atomic E-state index is -2.94. The van der Waals surface area contributed by atoms with Crippen molar-refractivity contribution in [1.29, 1.82) is 0 Å². The minimum Gasteiger partial charge on any atom is -0.394 e. The first-order valence-corrected chi connectivity index (χ1v) is 17.8. The van der Waals surface area contributed by atoms with Gasteiger partial charge >= 0.3 is 14.3 Å². The van der Waals surface area contributed by atoms with Crippen molar-refractivity contribution in [2.45, 2.75) is 160 Å². The van der Waals surface area contributed by atoms with Crippen LogP contribution in [0.3, 0.4) is 0 Å². The molecule has 5 atom stereocenters. The number of aliphatic hydroxyl groups is 1. The number of urea groups is 1. The highest BCUT2D eigenvalue weighted by Gasteiger charge is 2.53. The molecule has 1 fully saturated rings. The van der Waals surface area contributed by atoms with Crippen LogP contribution < -0.4 is 5.32 Å². The van der Waals surface area contributed by atoms with E-state index < -0.39 is 45.4 Å². The molecule has 42 heavy (non-hydrogen) atoms. The van der Waals surface area contributed by atoms with Crippen molar-refractivity contribution in [2.24, 2.45) is 0 Å². The fourth-order valence-corrected chi connectivity index (χ4v) is 6.21. The van der Waals surface area contributed by atoms with Gasteiger partial charge in [-0.15, -0.1) is 9.42 Å². The van der Waals surface area contributed by atoms with E-state index in [-0.39, 0.29) is 0 Å². The fourth-order valence-electron chi connectivity index (χ4n) is 5.75. The molecule has 10 heteroatoms. The Bertz CT molecular complexity index is 797. The standard InChI is InChI=1S/C32H57N2O7P/c1-3-4-5-6-7-8-9-10-11-12-13-14-15-16-17-18-19-20-21-22-25-39-30-29(41-42(37)38)28(26-35)40-31(30)34-24-23-27(2)33-32(34)36/h23-24,28-31,35H,2-22,25-26H2,1H3,(H-,33,36,37,38)/p+1/t28-,29?,30?,31-/m1/s1. The zero-order valence-corrected chi connectivity index (χ0v) is 27.0. The molecule has 9 nitrogen and oxygen atoms in total. The lowest BCUT2D eigenvalue weighted by Crippen LogP contribution is -2.50. The van der Waals surface area contributed by atoms with Crippen molar-refractivity contribution in [1.82, 2.24) is 10.2 Å². The summed E-state index contributed by atoms with van der Waals surface area (Å²) in [7, 11) is -2.94. The zero-order chi connectivity index (χ0) is 30.4. The van der Waals surface area contributed by atoms with E-state index in [4.69, 9.17) is 14.0 Å². The maximum atomic E-state index is 12.5. The lowest BCUT2D eigenvalue weighted by atomic mass is 10.0. The largest absolute Gasteiger partial charge is 0.695 e. The van der Waals surface area contributed by atoms with Gasteiger partial charge in [0.2, 0.25) is 0 Å². The third-order valence-corrected chi connectivity index (χ3v) is 8.62. The molecular formula is C32H58N2O7P+. The van der Waals surface area contributed by atoms with E-state index in [0.717, 1.165) is 19.3 Å². The number of carbonyl (C=O) groups excluding carboxylic acids is 1. The molecule has 3 N–H and O–H groups in total. The maximum Gasteiger partial charge on any atom is 0.695 e. The van der Waals surface area contributed by atoms with Crippen molar-refractivity contribution >= 4 is 14.3 Å². The van der Waals surface area contributed by atoms with E-state index in [1.54, 1.807) is 6.08 Å². The van der Waals surface area contributed by atoms with Crippen LogP contribution in [0.1, 0.15) is 135 Å². The van der Waals surface area contributed by atoms with E-state index in [1.165, 1.54) is 120 Å². The Balaban J connectivity index is 1.51. The molecule has 2 aliphatic rings. The Morgan fingerprint density at radius 2 is 1.33 bits per heavy atom. The third-order valence-electron chi connectivity index (χ3n) is 8.20. The molecular weight excluding hydrogens is 555 g/mol. The molecule has 0 aromatic rings. The van der Waals surface area contributed by atoms with Gasteiger partial charge in [0, 0.05) is 23.1 Å². The molecule has 0 saturated carbocycles. The highest BCUT2D eigenvalue weighted by molar-refractivity contribution is 7.32. The molecule has 0 aromatic heterocycles. The zero-order valence-electron chi connectivity index (χ0n) is 26.1. The van der Waals surface area contributed by atoms with Gasteiger partial charge in [0.15, 0.2) is 12.3 Å². The van der Waals surface area contributed by atoms with Crippen molar-refractivity contribution in [2.75, 3.05) is 13.2 Å². The van der Waals surface area contributed by atoms with Gasteiger partial charge in [0.1, 0.15) is 12.2 Å². The number of unbranched alkanes of at least 4 members (excludes halogenated alkanes) is 19. The van der Waals surface area contributed by atoms with E-state index >= 15 is 0 Å². The molecule has 3 unspecified atom stereocenters. The molecule has 2 amide bonds. The molecule has 0 aliphatic carbocycles. The third kappa shape index (κ3) is 14.9. The monoisotopic (exact) mass is 613 g/mol. The van der Waals surface area contributed by atoms with E-state index in [0.29, 0.717) is 12.3 Å². The summed E-state index contributed by atoms with van der Waals surface area (Å²) in [6.07, 6.45) is 25.8. The number of hydrogen-bond donors (Lipinski definition) is 3. The van der Waals surface area contributed by atoms with E-state index in [1.807, 2.05) is 0 Å². The van der Waals surface area contributed by atoms with Gasteiger partial charge in [-0.2, -0.15) is 0 Å². The van der Waals surface area contributed by atoms with Crippen molar-refractivity contribution in [3.05, 3.63) is 24.6 Å². The molecule has 2 aliphatic heterocycles. The average Bonchev–Trinajstić information content (AvgIpc) is 3.29. The van der Waals surface area contributed by atoms with Crippen LogP contribution in [0.15, 0.2) is 24.6 Å². The molecule has 0 spiro atoms. The lowest BCUT2D eigenvalue weighted by Gasteiger charge is -2.31. The summed E-state index contributed by atoms with van der Waals surface area (Å²) in [5, 5.41) is 12.4. The van der Waals surface area contributed by atoms with Crippen LogP contribution in [0.4, 0.5) is 4.79 Å². The van der Waals surface area contributed by atoms with E-state index in [9.17, 15) is 19.4 Å². The van der Waals surface area contributed by atoms with E-state index in [2.05, 4.69) is 18.8 Å². The number of aliphatic hydroxyl groups excluding tert-OH is 1. The van der Waals surface area contributed by atoms with Gasteiger partial charge in [-0.05, 0) is 12.5 Å². The van der Waals surface area contributed by atoms with Crippen LogP contribution in [-0.4, -0.2) is 58.7 Å². The highest BCUT2D eigenvalue weighted by atomic mass is 31.1. The van der Waals surface area contributed by atoms with Crippen molar-refractivity contribution < 1.29 is 33.4 Å². The molecule has 1 saturated heterocycles. The van der Waals surface area contributed by atoms with Gasteiger partial charge in [-0.25, -0.2) is 4.79 Å². The second kappa shape index (κ2) is 23.1. The first-order valence-electron chi connectivity index (χ1n) is 16.6. The molecule has 0 radical (unpaired) electrons. The van der Waals surface area contributed by atoms with Gasteiger partial charge < -0.3 is 19.9 Å². The van der Waals surface area contributed by atoms with Crippen LogP contribution in [-0.2, 0) is 18.6 Å². The SMILES string of the molecule is C=C1C=CN([C@@H]2O[C@H](CO)C(O[P+](=O)O)C2OCCCCCCCCCCCCCCCCCCCCCC)C(=O)N1. The maximum absolute atomic E-state index is 12.5. The van der Waals surface area contributed by atoms with Gasteiger partial charge in [0.05, 0.1) is 6.61 Å². The van der Waals surface area contributed by atoms with Gasteiger partial charge in [-0.3, -0.25) is 4.90 Å². The first kappa shape index (κ1) is 36.8. The number of allylic oxidation sites excluding steroid dienone is 1. The van der Waals surface area contributed by atoms with Crippen LogP contribution in [0.2, 0.25) is 0 Å². The first-order chi connectivity index (χ1) is 20.5. The number of nitrogens with one attached hydrogen (secondary N) is 1. The topological polar surface area (TPSA) is 118 Å². The average molecular weight is 614 g/mol. The summed E-state index contributed by atoms with van der Waals surface area (Å²) in [5.41, 5.74) is 0.445. The number of hydrogen-bond acceptors (Lipinski definition) is 6. The number of rotatable bonds is 26. The Morgan fingerprint density at radius 1 is 0.857 bits per heavy atom. The quantitative estimate of drug-likeness (QED) is 0.0668. The number of nitrogens with zero attached hydrogens (tertiary/aromatic N) is 1. The Labute approximate surface area is 255 Å². The highest BCUT2D eigenvalue weighted by Crippen LogP contribution is 2.35. The minimum absolute atomic E-state index is 0.398. The summed E-state index contributed by atoms with van der Waals surface area (Å²) < 4.78 is 28.5. The number of ether oxygens (including phenoxy) is 2. The Hall–Kier alpha value is -1.35. The fraction of sp³-hybridized carbons (Fsp3) is 0.844. The van der Waals surface area contributed by atoms with Crippen LogP contribution in [0, 0.1) is 0 Å². The normalized spacial score (nSPS) is 22.6. The Kier molecular flexibility index (Phi) is 20.3. The summed E-state index contributed by atoms with van der Waals surface area (Å²) >= 11 is 0. The van der Waals surface area contributed by atoms with Crippen LogP contribution >= 0.6 is 8.25 Å².